The Kier molecular flexibility index (Phi) is 4.13. The molecule has 4 aliphatic rings. The number of benzene rings is 2. The molecule has 2 bridgehead atoms. The summed E-state index contributed by atoms with van der Waals surface area (Å²) in [4.78, 5) is 16.9. The van der Waals surface area contributed by atoms with Crippen molar-refractivity contribution in [2.24, 2.45) is 13.0 Å². The molecule has 4 heterocycles. The standard InChI is InChI=1S/C24H23N3O3S/c1-25-12-14(16-9-5-6-10-18(16)25)13-26-21-20(17-11-19(28)22(21)30-23(17)29)27(24(26)31)15-7-3-2-4-8-15/h2-10,12,17,19-22,28H,11,13H2,1H3/t17-,19+,20+,21-,22-/m0/s1. The molecular weight excluding hydrogens is 410 g/mol. The second-order valence-corrected chi connectivity index (χ2v) is 9.06. The number of anilines is 1. The Morgan fingerprint density at radius 2 is 1.84 bits per heavy atom. The molecule has 3 aromatic rings. The first-order valence-electron chi connectivity index (χ1n) is 10.6. The smallest absolute Gasteiger partial charge is 0.311 e. The number of nitrogens with zero attached hydrogens (tertiary/aromatic N) is 3. The van der Waals surface area contributed by atoms with E-state index in [1.165, 1.54) is 5.39 Å². The Hall–Kier alpha value is -2.90. The van der Waals surface area contributed by atoms with E-state index in [4.69, 9.17) is 17.0 Å². The van der Waals surface area contributed by atoms with Crippen LogP contribution in [0.15, 0.2) is 60.8 Å². The zero-order chi connectivity index (χ0) is 21.3. The second kappa shape index (κ2) is 6.80. The maximum Gasteiger partial charge on any atom is 0.311 e. The Morgan fingerprint density at radius 3 is 2.65 bits per heavy atom. The van der Waals surface area contributed by atoms with Gasteiger partial charge in [-0.3, -0.25) is 4.79 Å². The van der Waals surface area contributed by atoms with Gasteiger partial charge in [0.25, 0.3) is 0 Å². The molecule has 0 amide bonds. The lowest BCUT2D eigenvalue weighted by molar-refractivity contribution is -0.194. The van der Waals surface area contributed by atoms with Crippen molar-refractivity contribution in [2.45, 2.75) is 37.3 Å². The molecular formula is C24H23N3O3S. The number of esters is 1. The minimum atomic E-state index is -0.669. The predicted octanol–water partition coefficient (Wildman–Crippen LogP) is 2.83. The lowest BCUT2D eigenvalue weighted by Crippen LogP contribution is -2.66. The maximum absolute atomic E-state index is 12.6. The van der Waals surface area contributed by atoms with Crippen LogP contribution in [0.5, 0.6) is 0 Å². The second-order valence-electron chi connectivity index (χ2n) is 8.69. The molecule has 1 N–H and O–H groups in total. The number of carbonyl (C=O) groups is 1. The van der Waals surface area contributed by atoms with Gasteiger partial charge in [-0.1, -0.05) is 36.4 Å². The minimum absolute atomic E-state index is 0.139. The first-order chi connectivity index (χ1) is 15.0. The normalized spacial score (nSPS) is 29.5. The van der Waals surface area contributed by atoms with Crippen molar-refractivity contribution in [3.8, 4) is 0 Å². The Balaban J connectivity index is 1.46. The van der Waals surface area contributed by atoms with Gasteiger partial charge in [0.1, 0.15) is 6.10 Å². The van der Waals surface area contributed by atoms with Crippen molar-refractivity contribution in [1.29, 1.82) is 0 Å². The molecule has 158 valence electrons. The van der Waals surface area contributed by atoms with Gasteiger partial charge in [0.15, 0.2) is 5.11 Å². The first kappa shape index (κ1) is 18.8. The third-order valence-corrected chi connectivity index (χ3v) is 7.42. The molecule has 0 radical (unpaired) electrons. The van der Waals surface area contributed by atoms with Gasteiger partial charge in [-0.15, -0.1) is 0 Å². The summed E-state index contributed by atoms with van der Waals surface area (Å²) in [6.45, 7) is 0.595. The van der Waals surface area contributed by atoms with E-state index < -0.39 is 18.1 Å². The molecule has 31 heavy (non-hydrogen) atoms. The fourth-order valence-corrected chi connectivity index (χ4v) is 6.08. The van der Waals surface area contributed by atoms with Gasteiger partial charge in [0.2, 0.25) is 0 Å². The van der Waals surface area contributed by atoms with Crippen molar-refractivity contribution in [3.63, 3.8) is 0 Å². The number of rotatable bonds is 3. The lowest BCUT2D eigenvalue weighted by Gasteiger charge is -2.49. The molecule has 6 nitrogen and oxygen atoms in total. The van der Waals surface area contributed by atoms with Crippen LogP contribution in [0.3, 0.4) is 0 Å². The van der Waals surface area contributed by atoms with Crippen LogP contribution in [0.2, 0.25) is 0 Å². The van der Waals surface area contributed by atoms with E-state index in [0.717, 1.165) is 16.8 Å². The fourth-order valence-electron chi connectivity index (χ4n) is 5.67. The quantitative estimate of drug-likeness (QED) is 0.506. The number of aliphatic hydroxyl groups is 1. The van der Waals surface area contributed by atoms with Gasteiger partial charge in [-0.25, -0.2) is 0 Å². The topological polar surface area (TPSA) is 57.9 Å². The number of thiocarbonyl (C=S) groups is 1. The van der Waals surface area contributed by atoms with Gasteiger partial charge in [-0.2, -0.15) is 0 Å². The Morgan fingerprint density at radius 1 is 1.10 bits per heavy atom. The average molecular weight is 434 g/mol. The summed E-state index contributed by atoms with van der Waals surface area (Å²) in [6, 6.07) is 18.0. The Bertz CT molecular complexity index is 1190. The number of aromatic nitrogens is 1. The largest absolute Gasteiger partial charge is 0.457 e. The molecule has 4 fully saturated rings. The summed E-state index contributed by atoms with van der Waals surface area (Å²) in [5.41, 5.74) is 3.30. The molecule has 5 atom stereocenters. The molecule has 7 rings (SSSR count). The molecule has 3 aliphatic heterocycles. The van der Waals surface area contributed by atoms with Gasteiger partial charge in [0.05, 0.1) is 24.1 Å². The number of carbonyl (C=O) groups excluding carboxylic acids is 1. The molecule has 7 heteroatoms. The zero-order valence-electron chi connectivity index (χ0n) is 17.1. The summed E-state index contributed by atoms with van der Waals surface area (Å²) in [6.07, 6.45) is 1.30. The minimum Gasteiger partial charge on any atom is -0.457 e. The van der Waals surface area contributed by atoms with Crippen LogP contribution in [0, 0.1) is 5.92 Å². The molecule has 1 aromatic heterocycles. The van der Waals surface area contributed by atoms with E-state index in [0.29, 0.717) is 18.1 Å². The molecule has 0 unspecified atom stereocenters. The van der Waals surface area contributed by atoms with Crippen LogP contribution in [0.4, 0.5) is 5.69 Å². The van der Waals surface area contributed by atoms with Crippen LogP contribution in [0.1, 0.15) is 12.0 Å². The van der Waals surface area contributed by atoms with Crippen LogP contribution in [0.25, 0.3) is 10.9 Å². The van der Waals surface area contributed by atoms with Crippen molar-refractivity contribution in [1.82, 2.24) is 9.47 Å². The summed E-state index contributed by atoms with van der Waals surface area (Å²) in [5.74, 6) is -0.632. The van der Waals surface area contributed by atoms with Gasteiger partial charge in [0, 0.05) is 36.4 Å². The molecule has 0 spiro atoms. The molecule has 1 saturated carbocycles. The number of aliphatic hydroxyl groups excluding tert-OH is 1. The van der Waals surface area contributed by atoms with E-state index >= 15 is 0 Å². The van der Waals surface area contributed by atoms with Crippen LogP contribution >= 0.6 is 12.2 Å². The molecule has 2 aromatic carbocycles. The highest BCUT2D eigenvalue weighted by molar-refractivity contribution is 7.80. The highest BCUT2D eigenvalue weighted by Crippen LogP contribution is 2.46. The first-order valence-corrected chi connectivity index (χ1v) is 11.0. The van der Waals surface area contributed by atoms with Gasteiger partial charge < -0.3 is 24.2 Å². The van der Waals surface area contributed by atoms with Gasteiger partial charge in [-0.05, 0) is 42.4 Å². The van der Waals surface area contributed by atoms with E-state index in [-0.39, 0.29) is 18.1 Å². The SMILES string of the molecule is Cn1cc(CN2C(=S)N(c3ccccc3)[C@H]3[C@H]2[C@H]2OC(=O)[C@H]3C[C@H]2O)c2ccccc21. The van der Waals surface area contributed by atoms with Crippen LogP contribution in [-0.4, -0.2) is 49.9 Å². The predicted molar refractivity (Wildman–Crippen MR) is 122 cm³/mol. The van der Waals surface area contributed by atoms with Crippen molar-refractivity contribution in [2.75, 3.05) is 4.90 Å². The van der Waals surface area contributed by atoms with Crippen LogP contribution < -0.4 is 4.90 Å². The van der Waals surface area contributed by atoms with Gasteiger partial charge >= 0.3 is 5.97 Å². The van der Waals surface area contributed by atoms with E-state index in [1.54, 1.807) is 0 Å². The highest BCUT2D eigenvalue weighted by Gasteiger charge is 2.63. The van der Waals surface area contributed by atoms with Crippen molar-refractivity contribution < 1.29 is 14.6 Å². The van der Waals surface area contributed by atoms with Crippen molar-refractivity contribution >= 4 is 39.9 Å². The monoisotopic (exact) mass is 433 g/mol. The highest BCUT2D eigenvalue weighted by atomic mass is 32.1. The average Bonchev–Trinajstić information content (AvgIpc) is 3.25. The maximum atomic E-state index is 12.6. The van der Waals surface area contributed by atoms with E-state index in [9.17, 15) is 9.90 Å². The third-order valence-electron chi connectivity index (χ3n) is 6.99. The number of hydrogen-bond acceptors (Lipinski definition) is 4. The number of ether oxygens (including phenoxy) is 1. The third kappa shape index (κ3) is 2.66. The van der Waals surface area contributed by atoms with E-state index in [2.05, 4.69) is 32.7 Å². The van der Waals surface area contributed by atoms with Crippen LogP contribution in [-0.2, 0) is 23.1 Å². The summed E-state index contributed by atoms with van der Waals surface area (Å²) < 4.78 is 7.81. The number of para-hydroxylation sites is 2. The lowest BCUT2D eigenvalue weighted by atomic mass is 9.74. The fraction of sp³-hybridized carbons (Fsp3) is 0.333. The number of hydrogen-bond donors (Lipinski definition) is 1. The Labute approximate surface area is 185 Å². The summed E-state index contributed by atoms with van der Waals surface area (Å²) in [7, 11) is 2.04. The summed E-state index contributed by atoms with van der Waals surface area (Å²) >= 11 is 5.99. The number of fused-ring (bicyclic) bond motifs is 3. The number of aryl methyl sites for hydroxylation is 1. The zero-order valence-corrected chi connectivity index (χ0v) is 17.9. The summed E-state index contributed by atoms with van der Waals surface area (Å²) in [5, 5.41) is 12.6. The molecule has 1 aliphatic carbocycles. The van der Waals surface area contributed by atoms with Crippen molar-refractivity contribution in [3.05, 3.63) is 66.4 Å². The van der Waals surface area contributed by atoms with E-state index in [1.807, 2.05) is 49.5 Å². The molecule has 3 saturated heterocycles.